The Labute approximate surface area is 205 Å². The van der Waals surface area contributed by atoms with E-state index in [2.05, 4.69) is 29.0 Å². The van der Waals surface area contributed by atoms with Crippen LogP contribution in [0.4, 0.5) is 0 Å². The Hall–Kier alpha value is -2.80. The molecule has 0 saturated heterocycles. The highest BCUT2D eigenvalue weighted by molar-refractivity contribution is 6.05. The number of benzene rings is 1. The van der Waals surface area contributed by atoms with Gasteiger partial charge in [-0.3, -0.25) is 19.5 Å². The third kappa shape index (κ3) is 9.59. The molecule has 2 rings (SSSR count). The van der Waals surface area contributed by atoms with E-state index in [4.69, 9.17) is 4.74 Å². The van der Waals surface area contributed by atoms with Crippen LogP contribution < -0.4 is 5.32 Å². The van der Waals surface area contributed by atoms with Crippen LogP contribution in [0.1, 0.15) is 77.7 Å². The van der Waals surface area contributed by atoms with E-state index in [0.29, 0.717) is 18.2 Å². The van der Waals surface area contributed by atoms with Gasteiger partial charge in [0.2, 0.25) is 0 Å². The summed E-state index contributed by atoms with van der Waals surface area (Å²) < 4.78 is 4.69. The summed E-state index contributed by atoms with van der Waals surface area (Å²) >= 11 is 0. The fourth-order valence-corrected chi connectivity index (χ4v) is 3.54. The van der Waals surface area contributed by atoms with Gasteiger partial charge in [0.1, 0.15) is 18.0 Å². The summed E-state index contributed by atoms with van der Waals surface area (Å²) in [7, 11) is 3.40. The molecule has 0 spiro atoms. The molecular weight excluding hydrogens is 430 g/mol. The third-order valence-corrected chi connectivity index (χ3v) is 5.64. The fraction of sp³-hybridized carbons (Fsp3) is 0.556. The first-order valence-corrected chi connectivity index (χ1v) is 12.2. The molecule has 0 aliphatic carbocycles. The predicted molar refractivity (Wildman–Crippen MR) is 139 cm³/mol. The first-order valence-electron chi connectivity index (χ1n) is 12.2. The number of hydrogen-bond acceptors (Lipinski definition) is 6. The number of ether oxygens (including phenoxy) is 1. The molecule has 1 heterocycles. The van der Waals surface area contributed by atoms with E-state index < -0.39 is 6.04 Å². The van der Waals surface area contributed by atoms with Crippen molar-refractivity contribution < 1.29 is 19.1 Å². The molecule has 0 bridgehead atoms. The normalized spacial score (nSPS) is 12.1. The van der Waals surface area contributed by atoms with Crippen molar-refractivity contribution in [3.8, 4) is 0 Å². The maximum Gasteiger partial charge on any atom is 0.322 e. The smallest absolute Gasteiger partial charge is 0.322 e. The van der Waals surface area contributed by atoms with Crippen LogP contribution in [0.2, 0.25) is 0 Å². The largest absolute Gasteiger partial charge is 0.468 e. The maximum absolute atomic E-state index is 12.2. The molecule has 0 aliphatic rings. The summed E-state index contributed by atoms with van der Waals surface area (Å²) in [5, 5.41) is 4.46. The van der Waals surface area contributed by atoms with E-state index in [-0.39, 0.29) is 17.9 Å². The first-order chi connectivity index (χ1) is 16.3. The van der Waals surface area contributed by atoms with Crippen molar-refractivity contribution in [2.45, 2.75) is 85.4 Å². The molecule has 34 heavy (non-hydrogen) atoms. The quantitative estimate of drug-likeness (QED) is 0.385. The number of likely N-dealkylation sites (N-methyl/N-ethyl adjacent to an activating group) is 1. The lowest BCUT2D eigenvalue weighted by Crippen LogP contribution is -2.43. The van der Waals surface area contributed by atoms with Crippen molar-refractivity contribution in [2.75, 3.05) is 14.2 Å². The van der Waals surface area contributed by atoms with Gasteiger partial charge in [-0.2, -0.15) is 0 Å². The van der Waals surface area contributed by atoms with E-state index in [9.17, 15) is 14.4 Å². The molecule has 2 atom stereocenters. The number of fused-ring (bicyclic) bond motifs is 1. The van der Waals surface area contributed by atoms with Crippen molar-refractivity contribution in [3.05, 3.63) is 42.2 Å². The van der Waals surface area contributed by atoms with Crippen LogP contribution in [0, 0.1) is 0 Å². The molecule has 0 saturated carbocycles. The van der Waals surface area contributed by atoms with Crippen LogP contribution in [0.3, 0.4) is 0 Å². The van der Waals surface area contributed by atoms with E-state index in [1.165, 1.54) is 7.11 Å². The van der Waals surface area contributed by atoms with Gasteiger partial charge in [0.15, 0.2) is 0 Å². The molecule has 190 valence electrons. The number of aldehydes is 1. The van der Waals surface area contributed by atoms with Crippen molar-refractivity contribution in [1.82, 2.24) is 15.2 Å². The zero-order valence-electron chi connectivity index (χ0n) is 22.1. The van der Waals surface area contributed by atoms with Gasteiger partial charge < -0.3 is 14.8 Å². The maximum atomic E-state index is 12.2. The molecule has 7 heteroatoms. The second kappa shape index (κ2) is 17.6. The van der Waals surface area contributed by atoms with E-state index in [1.54, 1.807) is 6.20 Å². The molecule has 1 amide bonds. The van der Waals surface area contributed by atoms with Crippen LogP contribution in [0.5, 0.6) is 0 Å². The summed E-state index contributed by atoms with van der Waals surface area (Å²) in [4.78, 5) is 40.5. The molecule has 0 radical (unpaired) electrons. The average molecular weight is 474 g/mol. The minimum atomic E-state index is -0.446. The van der Waals surface area contributed by atoms with Crippen molar-refractivity contribution >= 4 is 28.9 Å². The molecular formula is C27H43N3O4. The van der Waals surface area contributed by atoms with E-state index in [1.807, 2.05) is 65.1 Å². The lowest BCUT2D eigenvalue weighted by molar-refractivity contribution is -0.146. The molecule has 2 aromatic rings. The van der Waals surface area contributed by atoms with Crippen LogP contribution in [-0.4, -0.2) is 60.3 Å². The second-order valence-electron chi connectivity index (χ2n) is 7.72. The van der Waals surface area contributed by atoms with Gasteiger partial charge in [0.25, 0.3) is 5.91 Å². The molecule has 2 unspecified atom stereocenters. The zero-order valence-corrected chi connectivity index (χ0v) is 22.1. The Morgan fingerprint density at radius 3 is 2.26 bits per heavy atom. The molecule has 1 aromatic heterocycles. The van der Waals surface area contributed by atoms with Crippen LogP contribution in [0.25, 0.3) is 10.8 Å². The van der Waals surface area contributed by atoms with Crippen LogP contribution >= 0.6 is 0 Å². The number of pyridine rings is 1. The average Bonchev–Trinajstić information content (AvgIpc) is 2.89. The Kier molecular flexibility index (Phi) is 16.2. The molecule has 1 N–H and O–H groups in total. The molecule has 0 fully saturated rings. The zero-order chi connectivity index (χ0) is 26.1. The lowest BCUT2D eigenvalue weighted by atomic mass is 10.1. The molecule has 7 nitrogen and oxygen atoms in total. The number of nitrogens with one attached hydrogen (secondary N) is 1. The number of rotatable bonds is 10. The third-order valence-electron chi connectivity index (χ3n) is 5.64. The Morgan fingerprint density at radius 1 is 1.12 bits per heavy atom. The van der Waals surface area contributed by atoms with Crippen molar-refractivity contribution in [2.24, 2.45) is 0 Å². The Bertz CT molecular complexity index is 863. The van der Waals surface area contributed by atoms with E-state index in [0.717, 1.165) is 36.3 Å². The number of aromatic nitrogens is 1. The van der Waals surface area contributed by atoms with Crippen molar-refractivity contribution in [1.29, 1.82) is 0 Å². The summed E-state index contributed by atoms with van der Waals surface area (Å²) in [6, 6.07) is 9.29. The highest BCUT2D eigenvalue weighted by Gasteiger charge is 2.23. The van der Waals surface area contributed by atoms with Gasteiger partial charge in [-0.25, -0.2) is 0 Å². The number of methoxy groups -OCH3 is 1. The topological polar surface area (TPSA) is 88.6 Å². The molecule has 1 aromatic carbocycles. The fourth-order valence-electron chi connectivity index (χ4n) is 3.54. The van der Waals surface area contributed by atoms with Gasteiger partial charge >= 0.3 is 5.97 Å². The number of carbonyl (C=O) groups excluding carboxylic acids is 3. The highest BCUT2D eigenvalue weighted by atomic mass is 16.5. The van der Waals surface area contributed by atoms with Crippen LogP contribution in [-0.2, 0) is 14.3 Å². The van der Waals surface area contributed by atoms with Crippen LogP contribution in [0.15, 0.2) is 36.5 Å². The summed E-state index contributed by atoms with van der Waals surface area (Å²) in [5.74, 6) is -0.461. The Morgan fingerprint density at radius 2 is 1.74 bits per heavy atom. The number of esters is 1. The molecule has 0 aliphatic heterocycles. The van der Waals surface area contributed by atoms with E-state index >= 15 is 0 Å². The predicted octanol–water partition coefficient (Wildman–Crippen LogP) is 5.03. The minimum absolute atomic E-state index is 0.144. The minimum Gasteiger partial charge on any atom is -0.468 e. The van der Waals surface area contributed by atoms with Gasteiger partial charge in [0, 0.05) is 17.6 Å². The highest BCUT2D eigenvalue weighted by Crippen LogP contribution is 2.16. The number of carbonyl (C=O) groups is 3. The number of amides is 1. The first kappa shape index (κ1) is 31.2. The summed E-state index contributed by atoms with van der Waals surface area (Å²) in [5.41, 5.74) is 0.362. The standard InChI is InChI=1S/C15H16N2O2.C10H21NO2.C2H6/c1-2-5-12(10-18)17-15(19)14-13-7-4-3-6-11(13)8-9-16-14;1-6-9(7-2)11(4)8(3)10(12)13-5;1-2/h3-4,6-10,12H,2,5H2,1H3,(H,17,19);8-9H,6-7H2,1-5H3;1-2H3. The van der Waals surface area contributed by atoms with Crippen molar-refractivity contribution in [3.63, 3.8) is 0 Å². The number of nitrogens with zero attached hydrogens (tertiary/aromatic N) is 2. The van der Waals surface area contributed by atoms with Gasteiger partial charge in [-0.05, 0) is 44.7 Å². The summed E-state index contributed by atoms with van der Waals surface area (Å²) in [6.45, 7) is 12.1. The lowest BCUT2D eigenvalue weighted by Gasteiger charge is -2.30. The summed E-state index contributed by atoms with van der Waals surface area (Å²) in [6.07, 6.45) is 5.98. The second-order valence-corrected chi connectivity index (χ2v) is 7.72. The van der Waals surface area contributed by atoms with Gasteiger partial charge in [0.05, 0.1) is 13.2 Å². The van der Waals surface area contributed by atoms with Gasteiger partial charge in [-0.1, -0.05) is 65.3 Å². The SMILES string of the molecule is CC.CCC(CC)N(C)C(C)C(=O)OC.CCCC(C=O)NC(=O)c1nccc2ccccc12. The Balaban J connectivity index is 0.000000639. The number of hydrogen-bond donors (Lipinski definition) is 1. The monoisotopic (exact) mass is 473 g/mol. The van der Waals surface area contributed by atoms with Gasteiger partial charge in [-0.15, -0.1) is 0 Å².